The second-order valence-corrected chi connectivity index (χ2v) is 8.34. The molecular formula is C19H20Cl2N4O3S. The molecule has 0 radical (unpaired) electrons. The van der Waals surface area contributed by atoms with Gasteiger partial charge in [0.05, 0.1) is 0 Å². The number of hydrogen-bond acceptors (Lipinski definition) is 4. The summed E-state index contributed by atoms with van der Waals surface area (Å²) in [4.78, 5) is 14.4. The van der Waals surface area contributed by atoms with Crippen molar-refractivity contribution < 1.29 is 13.2 Å². The zero-order chi connectivity index (χ0) is 21.4. The van der Waals surface area contributed by atoms with Crippen LogP contribution in [0.1, 0.15) is 12.6 Å². The molecule has 29 heavy (non-hydrogen) atoms. The van der Waals surface area contributed by atoms with Crippen molar-refractivity contribution in [1.82, 2.24) is 9.71 Å². The Hall–Kier alpha value is -2.68. The van der Waals surface area contributed by atoms with Gasteiger partial charge >= 0.3 is 6.03 Å². The molecule has 1 heterocycles. The quantitative estimate of drug-likeness (QED) is 0.428. The number of rotatable bonds is 4. The number of anilines is 2. The molecule has 0 aliphatic heterocycles. The van der Waals surface area contributed by atoms with E-state index in [2.05, 4.69) is 10.3 Å². The predicted octanol–water partition coefficient (Wildman–Crippen LogP) is 4.66. The number of carbonyl (C=O) groups excluding carboxylic acids is 1. The molecule has 0 atom stereocenters. The van der Waals surface area contributed by atoms with Crippen molar-refractivity contribution in [1.29, 1.82) is 0 Å². The number of carbonyl (C=O) groups is 1. The van der Waals surface area contributed by atoms with Crippen LogP contribution in [0, 0.1) is 0 Å². The van der Waals surface area contributed by atoms with Crippen LogP contribution in [0.25, 0.3) is 0 Å². The van der Waals surface area contributed by atoms with Gasteiger partial charge in [-0.2, -0.15) is 8.42 Å². The maximum Gasteiger partial charge on any atom is 0.333 e. The third kappa shape index (κ3) is 7.34. The second-order valence-electron chi connectivity index (χ2n) is 5.82. The number of H-pyrrole nitrogens is 1. The number of aromatic amines is 1. The third-order valence-corrected chi connectivity index (χ3v) is 5.36. The summed E-state index contributed by atoms with van der Waals surface area (Å²) in [6.07, 6.45) is 0.673. The number of halogens is 2. The van der Waals surface area contributed by atoms with Crippen molar-refractivity contribution >= 4 is 50.6 Å². The Kier molecular flexibility index (Phi) is 7.95. The van der Waals surface area contributed by atoms with Crippen molar-refractivity contribution in [3.63, 3.8) is 0 Å². The smallest absolute Gasteiger partial charge is 0.333 e. The van der Waals surface area contributed by atoms with Gasteiger partial charge in [-0.15, -0.1) is 0 Å². The summed E-state index contributed by atoms with van der Waals surface area (Å²) < 4.78 is 25.9. The first kappa shape index (κ1) is 22.6. The van der Waals surface area contributed by atoms with Crippen LogP contribution < -0.4 is 15.8 Å². The molecule has 7 nitrogen and oxygen atoms in total. The molecule has 0 saturated carbocycles. The van der Waals surface area contributed by atoms with Crippen molar-refractivity contribution in [2.75, 3.05) is 11.1 Å². The molecule has 5 N–H and O–H groups in total. The third-order valence-electron chi connectivity index (χ3n) is 3.59. The maximum atomic E-state index is 12.0. The number of nitrogen functional groups attached to an aromatic ring is 1. The van der Waals surface area contributed by atoms with E-state index in [-0.39, 0.29) is 5.03 Å². The number of aryl methyl sites for hydroxylation is 1. The van der Waals surface area contributed by atoms with Gasteiger partial charge in [-0.05, 0) is 67.1 Å². The standard InChI is InChI=1S/C13H14ClN3O3S.C6H6ClN/c1-2-10-7-8-12(15-10)21(19,20)17-13(18)16-11-5-3-9(14)4-6-11;7-5-1-3-6(8)4-2-5/h3-8,15H,2H2,1H3,(H2,16,17,18);1-4H,8H2. The topological polar surface area (TPSA) is 117 Å². The van der Waals surface area contributed by atoms with Crippen LogP contribution in [0.4, 0.5) is 16.2 Å². The molecule has 1 aromatic heterocycles. The monoisotopic (exact) mass is 454 g/mol. The lowest BCUT2D eigenvalue weighted by molar-refractivity contribution is 0.256. The van der Waals surface area contributed by atoms with Crippen molar-refractivity contribution in [2.24, 2.45) is 0 Å². The molecule has 154 valence electrons. The summed E-state index contributed by atoms with van der Waals surface area (Å²) in [5.41, 5.74) is 7.32. The molecular weight excluding hydrogens is 435 g/mol. The number of benzene rings is 2. The highest BCUT2D eigenvalue weighted by molar-refractivity contribution is 7.90. The molecule has 0 unspecified atom stereocenters. The van der Waals surface area contributed by atoms with Gasteiger partial charge in [0, 0.05) is 27.1 Å². The molecule has 0 aliphatic rings. The first-order chi connectivity index (χ1) is 13.7. The fourth-order valence-electron chi connectivity index (χ4n) is 2.11. The maximum absolute atomic E-state index is 12.0. The summed E-state index contributed by atoms with van der Waals surface area (Å²) in [5, 5.41) is 3.61. The van der Waals surface area contributed by atoms with E-state index in [9.17, 15) is 13.2 Å². The number of aromatic nitrogens is 1. The Labute approximate surface area is 179 Å². The zero-order valence-corrected chi connectivity index (χ0v) is 17.8. The van der Waals surface area contributed by atoms with Crippen molar-refractivity contribution in [2.45, 2.75) is 18.4 Å². The minimum atomic E-state index is -3.92. The highest BCUT2D eigenvalue weighted by Gasteiger charge is 2.19. The Morgan fingerprint density at radius 2 is 1.52 bits per heavy atom. The van der Waals surface area contributed by atoms with E-state index < -0.39 is 16.1 Å². The van der Waals surface area contributed by atoms with E-state index >= 15 is 0 Å². The summed E-state index contributed by atoms with van der Waals surface area (Å²) in [6, 6.07) is 15.6. The molecule has 2 amide bonds. The van der Waals surface area contributed by atoms with Gasteiger partial charge in [0.25, 0.3) is 10.0 Å². The summed E-state index contributed by atoms with van der Waals surface area (Å²) in [5.74, 6) is 0. The van der Waals surface area contributed by atoms with Gasteiger partial charge in [-0.3, -0.25) is 0 Å². The van der Waals surface area contributed by atoms with E-state index in [1.807, 2.05) is 11.6 Å². The van der Waals surface area contributed by atoms with Gasteiger partial charge < -0.3 is 16.0 Å². The highest BCUT2D eigenvalue weighted by atomic mass is 35.5. The number of urea groups is 1. The van der Waals surface area contributed by atoms with Gasteiger partial charge in [0.2, 0.25) is 0 Å². The van der Waals surface area contributed by atoms with E-state index in [0.29, 0.717) is 17.1 Å². The number of amides is 2. The van der Waals surface area contributed by atoms with Crippen LogP contribution in [0.3, 0.4) is 0 Å². The molecule has 0 spiro atoms. The molecule has 2 aromatic carbocycles. The van der Waals surface area contributed by atoms with Crippen LogP contribution in [0.2, 0.25) is 10.0 Å². The van der Waals surface area contributed by atoms with Gasteiger partial charge in [0.15, 0.2) is 5.03 Å². The first-order valence-corrected chi connectivity index (χ1v) is 10.7. The van der Waals surface area contributed by atoms with E-state index in [4.69, 9.17) is 28.9 Å². The first-order valence-electron chi connectivity index (χ1n) is 8.48. The molecule has 0 saturated heterocycles. The van der Waals surface area contributed by atoms with Crippen molar-refractivity contribution in [3.8, 4) is 0 Å². The minimum Gasteiger partial charge on any atom is -0.399 e. The van der Waals surface area contributed by atoms with E-state index in [1.165, 1.54) is 6.07 Å². The number of nitrogens with one attached hydrogen (secondary N) is 3. The number of hydrogen-bond donors (Lipinski definition) is 4. The Balaban J connectivity index is 0.000000313. The average Bonchev–Trinajstić information content (AvgIpc) is 3.16. The van der Waals surface area contributed by atoms with Crippen LogP contribution in [-0.4, -0.2) is 19.4 Å². The average molecular weight is 455 g/mol. The summed E-state index contributed by atoms with van der Waals surface area (Å²) in [6.45, 7) is 1.89. The molecule has 3 aromatic rings. The summed E-state index contributed by atoms with van der Waals surface area (Å²) >= 11 is 11.3. The molecule has 0 aliphatic carbocycles. The SMILES string of the molecule is CCc1ccc(S(=O)(=O)NC(=O)Nc2ccc(Cl)cc2)[nH]1.Nc1ccc(Cl)cc1. The lowest BCUT2D eigenvalue weighted by Gasteiger charge is -2.07. The highest BCUT2D eigenvalue weighted by Crippen LogP contribution is 2.14. The zero-order valence-electron chi connectivity index (χ0n) is 15.4. The number of sulfonamides is 1. The fraction of sp³-hybridized carbons (Fsp3) is 0.105. The molecule has 10 heteroatoms. The molecule has 0 bridgehead atoms. The van der Waals surface area contributed by atoms with Gasteiger partial charge in [0.1, 0.15) is 0 Å². The lowest BCUT2D eigenvalue weighted by Crippen LogP contribution is -2.34. The van der Waals surface area contributed by atoms with Crippen LogP contribution in [0.5, 0.6) is 0 Å². The van der Waals surface area contributed by atoms with Gasteiger partial charge in [-0.1, -0.05) is 30.1 Å². The van der Waals surface area contributed by atoms with Gasteiger partial charge in [-0.25, -0.2) is 9.52 Å². The predicted molar refractivity (Wildman–Crippen MR) is 117 cm³/mol. The Morgan fingerprint density at radius 1 is 0.966 bits per heavy atom. The van der Waals surface area contributed by atoms with E-state index in [0.717, 1.165) is 16.4 Å². The fourth-order valence-corrected chi connectivity index (χ4v) is 3.28. The molecule has 3 rings (SSSR count). The normalized spacial score (nSPS) is 10.6. The van der Waals surface area contributed by atoms with Crippen LogP contribution in [0.15, 0.2) is 65.7 Å². The minimum absolute atomic E-state index is 0.0504. The Bertz CT molecular complexity index is 1030. The van der Waals surface area contributed by atoms with Crippen LogP contribution >= 0.6 is 23.2 Å². The lowest BCUT2D eigenvalue weighted by atomic mass is 10.3. The number of nitrogens with two attached hydrogens (primary N) is 1. The molecule has 0 fully saturated rings. The summed E-state index contributed by atoms with van der Waals surface area (Å²) in [7, 11) is -3.92. The largest absolute Gasteiger partial charge is 0.399 e. The van der Waals surface area contributed by atoms with Crippen molar-refractivity contribution in [3.05, 3.63) is 76.4 Å². The second kappa shape index (κ2) is 10.2. The Morgan fingerprint density at radius 3 is 2.00 bits per heavy atom. The van der Waals surface area contributed by atoms with E-state index in [1.54, 1.807) is 54.6 Å². The van der Waals surface area contributed by atoms with Crippen LogP contribution in [-0.2, 0) is 16.4 Å².